The number of aromatic nitrogens is 3. The fourth-order valence-electron chi connectivity index (χ4n) is 2.79. The number of nitrogens with zero attached hydrogens (tertiary/aromatic N) is 6. The molecular formula is C16H18FN7O. The number of nitriles is 1. The summed E-state index contributed by atoms with van der Waals surface area (Å²) >= 11 is 0. The van der Waals surface area contributed by atoms with E-state index in [0.717, 1.165) is 6.20 Å². The van der Waals surface area contributed by atoms with Crippen LogP contribution in [-0.4, -0.2) is 59.4 Å². The highest BCUT2D eigenvalue weighted by Crippen LogP contribution is 2.21. The highest BCUT2D eigenvalue weighted by atomic mass is 19.1. The molecule has 2 N–H and O–H groups in total. The molecule has 0 aliphatic carbocycles. The van der Waals surface area contributed by atoms with Crippen LogP contribution in [0.25, 0.3) is 0 Å². The first-order valence-corrected chi connectivity index (χ1v) is 7.85. The lowest BCUT2D eigenvalue weighted by Gasteiger charge is -2.23. The Hall–Kier alpha value is -2.99. The number of halogens is 1. The van der Waals surface area contributed by atoms with E-state index in [4.69, 9.17) is 0 Å². The fourth-order valence-corrected chi connectivity index (χ4v) is 2.79. The van der Waals surface area contributed by atoms with Gasteiger partial charge in [-0.15, -0.1) is 0 Å². The third kappa shape index (κ3) is 3.59. The zero-order valence-corrected chi connectivity index (χ0v) is 13.7. The summed E-state index contributed by atoms with van der Waals surface area (Å²) in [5.74, 6) is 0.461. The molecule has 1 aliphatic heterocycles. The van der Waals surface area contributed by atoms with Crippen LogP contribution in [0.15, 0.2) is 24.5 Å². The molecule has 25 heavy (non-hydrogen) atoms. The number of hydrogen-bond donors (Lipinski definition) is 2. The van der Waals surface area contributed by atoms with Crippen molar-refractivity contribution < 1.29 is 9.50 Å². The minimum absolute atomic E-state index is 0.108. The molecule has 3 rings (SSSR count). The van der Waals surface area contributed by atoms with Gasteiger partial charge >= 0.3 is 0 Å². The predicted molar refractivity (Wildman–Crippen MR) is 90.9 cm³/mol. The summed E-state index contributed by atoms with van der Waals surface area (Å²) in [6.45, 7) is 1.67. The van der Waals surface area contributed by atoms with Gasteiger partial charge in [-0.2, -0.15) is 10.2 Å². The molecule has 0 bridgehead atoms. The Kier molecular flexibility index (Phi) is 4.90. The van der Waals surface area contributed by atoms with Gasteiger partial charge in [0.25, 0.3) is 0 Å². The molecule has 0 saturated carbocycles. The first-order valence-electron chi connectivity index (χ1n) is 7.85. The van der Waals surface area contributed by atoms with Gasteiger partial charge in [-0.1, -0.05) is 0 Å². The molecule has 0 spiro atoms. The summed E-state index contributed by atoms with van der Waals surface area (Å²) in [6.07, 6.45) is 2.03. The van der Waals surface area contributed by atoms with Crippen molar-refractivity contribution in [2.75, 3.05) is 48.3 Å². The number of β-amino-alcohol motifs (C(OH)–C–C–N with tert-alkyl or cyclic N) is 1. The number of pyridine rings is 1. The molecule has 3 heterocycles. The van der Waals surface area contributed by atoms with Gasteiger partial charge in [0.2, 0.25) is 5.95 Å². The van der Waals surface area contributed by atoms with Gasteiger partial charge in [0, 0.05) is 39.4 Å². The van der Waals surface area contributed by atoms with Gasteiger partial charge in [0.05, 0.1) is 17.9 Å². The van der Waals surface area contributed by atoms with Crippen LogP contribution in [0.1, 0.15) is 5.56 Å². The predicted octanol–water partition coefficient (Wildman–Crippen LogP) is 0.612. The summed E-state index contributed by atoms with van der Waals surface area (Å²) in [5.41, 5.74) is 0.457. The van der Waals surface area contributed by atoms with Gasteiger partial charge in [-0.25, -0.2) is 14.4 Å². The molecule has 9 heteroatoms. The summed E-state index contributed by atoms with van der Waals surface area (Å²) in [5, 5.41) is 22.3. The summed E-state index contributed by atoms with van der Waals surface area (Å²) in [7, 11) is 1.58. The maximum Gasteiger partial charge on any atom is 0.227 e. The van der Waals surface area contributed by atoms with E-state index in [2.05, 4.69) is 26.3 Å². The zero-order chi connectivity index (χ0) is 17.8. The van der Waals surface area contributed by atoms with E-state index in [9.17, 15) is 14.8 Å². The number of nitrogens with one attached hydrogen (secondary N) is 1. The van der Waals surface area contributed by atoms with Gasteiger partial charge in [-0.3, -0.25) is 0 Å². The Balaban J connectivity index is 1.83. The van der Waals surface area contributed by atoms with Crippen molar-refractivity contribution in [1.29, 1.82) is 5.26 Å². The van der Waals surface area contributed by atoms with Crippen LogP contribution in [0.5, 0.6) is 0 Å². The van der Waals surface area contributed by atoms with Gasteiger partial charge in [-0.05, 0) is 12.1 Å². The van der Waals surface area contributed by atoms with E-state index >= 15 is 0 Å². The minimum atomic E-state index is -0.692. The maximum atomic E-state index is 13.6. The van der Waals surface area contributed by atoms with Crippen LogP contribution in [0, 0.1) is 17.1 Å². The third-order valence-corrected chi connectivity index (χ3v) is 3.96. The molecule has 0 radical (unpaired) electrons. The molecule has 0 unspecified atom stereocenters. The van der Waals surface area contributed by atoms with E-state index in [1.54, 1.807) is 30.3 Å². The van der Waals surface area contributed by atoms with Crippen molar-refractivity contribution in [3.05, 3.63) is 35.9 Å². The maximum absolute atomic E-state index is 13.6. The first kappa shape index (κ1) is 16.9. The lowest BCUT2D eigenvalue weighted by molar-refractivity contribution is 0.190. The van der Waals surface area contributed by atoms with Crippen molar-refractivity contribution in [1.82, 2.24) is 15.0 Å². The Morgan fingerprint density at radius 1 is 1.32 bits per heavy atom. The van der Waals surface area contributed by atoms with Crippen molar-refractivity contribution in [3.63, 3.8) is 0 Å². The second-order valence-corrected chi connectivity index (χ2v) is 5.65. The lowest BCUT2D eigenvalue weighted by Crippen LogP contribution is -2.34. The Morgan fingerprint density at radius 2 is 2.08 bits per heavy atom. The third-order valence-electron chi connectivity index (χ3n) is 3.96. The summed E-state index contributed by atoms with van der Waals surface area (Å²) in [6, 6.07) is 5.51. The Morgan fingerprint density at radius 3 is 2.84 bits per heavy atom. The van der Waals surface area contributed by atoms with E-state index < -0.39 is 11.9 Å². The minimum Gasteiger partial charge on any atom is -0.389 e. The molecule has 0 amide bonds. The molecule has 1 saturated heterocycles. The molecule has 8 nitrogen and oxygen atoms in total. The Labute approximate surface area is 144 Å². The van der Waals surface area contributed by atoms with Gasteiger partial charge < -0.3 is 20.2 Å². The standard InChI is InChI=1S/C16H18FN7O/c1-19-14-13(17)8-21-16(22-14)24-6-5-23(9-12(25)10-24)15-11(7-18)3-2-4-20-15/h2-4,8,12,25H,5-6,9-10H2,1H3,(H,19,21,22)/t12-/m0/s1. The number of anilines is 3. The van der Waals surface area contributed by atoms with Crippen molar-refractivity contribution in [2.24, 2.45) is 0 Å². The zero-order valence-electron chi connectivity index (χ0n) is 13.7. The SMILES string of the molecule is CNc1nc(N2CCN(c3ncccc3C#N)C[C@H](O)C2)ncc1F. The fraction of sp³-hybridized carbons (Fsp3) is 0.375. The van der Waals surface area contributed by atoms with E-state index in [0.29, 0.717) is 43.5 Å². The molecule has 2 aromatic heterocycles. The number of rotatable bonds is 3. The van der Waals surface area contributed by atoms with Gasteiger partial charge in [0.15, 0.2) is 11.6 Å². The smallest absolute Gasteiger partial charge is 0.227 e. The van der Waals surface area contributed by atoms with Crippen LogP contribution in [0.3, 0.4) is 0 Å². The average molecular weight is 343 g/mol. The number of aliphatic hydroxyl groups is 1. The molecular weight excluding hydrogens is 325 g/mol. The normalized spacial score (nSPS) is 17.8. The number of hydrogen-bond acceptors (Lipinski definition) is 8. The molecule has 1 atom stereocenters. The second-order valence-electron chi connectivity index (χ2n) is 5.65. The van der Waals surface area contributed by atoms with Crippen LogP contribution in [0.2, 0.25) is 0 Å². The summed E-state index contributed by atoms with van der Waals surface area (Å²) < 4.78 is 13.6. The van der Waals surface area contributed by atoms with Crippen LogP contribution < -0.4 is 15.1 Å². The molecule has 0 aromatic carbocycles. The van der Waals surface area contributed by atoms with Crippen LogP contribution >= 0.6 is 0 Å². The number of aliphatic hydroxyl groups excluding tert-OH is 1. The second kappa shape index (κ2) is 7.27. The highest BCUT2D eigenvalue weighted by Gasteiger charge is 2.25. The summed E-state index contributed by atoms with van der Waals surface area (Å²) in [4.78, 5) is 16.1. The van der Waals surface area contributed by atoms with Gasteiger partial charge in [0.1, 0.15) is 11.9 Å². The van der Waals surface area contributed by atoms with Crippen LogP contribution in [-0.2, 0) is 0 Å². The average Bonchev–Trinajstić information content (AvgIpc) is 2.83. The largest absolute Gasteiger partial charge is 0.389 e. The van der Waals surface area contributed by atoms with E-state index in [-0.39, 0.29) is 5.82 Å². The molecule has 130 valence electrons. The quantitative estimate of drug-likeness (QED) is 0.836. The lowest BCUT2D eigenvalue weighted by atomic mass is 10.2. The molecule has 2 aromatic rings. The van der Waals surface area contributed by atoms with E-state index in [1.807, 2.05) is 4.90 Å². The molecule has 1 fully saturated rings. The van der Waals surface area contributed by atoms with E-state index in [1.165, 1.54) is 0 Å². The van der Waals surface area contributed by atoms with Crippen molar-refractivity contribution in [2.45, 2.75) is 6.10 Å². The molecule has 1 aliphatic rings. The topological polar surface area (TPSA) is 101 Å². The monoisotopic (exact) mass is 343 g/mol. The van der Waals surface area contributed by atoms with Crippen molar-refractivity contribution in [3.8, 4) is 6.07 Å². The first-order chi connectivity index (χ1) is 12.1. The van der Waals surface area contributed by atoms with Crippen molar-refractivity contribution >= 4 is 17.6 Å². The van der Waals surface area contributed by atoms with Crippen LogP contribution in [0.4, 0.5) is 22.0 Å². The Bertz CT molecular complexity index is 794. The highest BCUT2D eigenvalue weighted by molar-refractivity contribution is 5.54.